The van der Waals surface area contributed by atoms with Gasteiger partial charge in [0.25, 0.3) is 10.0 Å². The van der Waals surface area contributed by atoms with Crippen LogP contribution in [0.2, 0.25) is 0 Å². The van der Waals surface area contributed by atoms with Crippen molar-refractivity contribution in [1.82, 2.24) is 14.5 Å². The van der Waals surface area contributed by atoms with Crippen molar-refractivity contribution < 1.29 is 13.2 Å². The minimum atomic E-state index is -3.56. The second-order valence-electron chi connectivity index (χ2n) is 3.78. The van der Waals surface area contributed by atoms with Crippen molar-refractivity contribution >= 4 is 21.6 Å². The summed E-state index contributed by atoms with van der Waals surface area (Å²) in [5, 5.41) is 6.55. The summed E-state index contributed by atoms with van der Waals surface area (Å²) < 4.78 is 31.1. The van der Waals surface area contributed by atoms with Crippen LogP contribution < -0.4 is 0 Å². The minimum Gasteiger partial charge on any atom is -0.379 e. The molecule has 0 amide bonds. The summed E-state index contributed by atoms with van der Waals surface area (Å²) in [6, 6.07) is 0. The van der Waals surface area contributed by atoms with Gasteiger partial charge in [-0.3, -0.25) is 5.10 Å². The van der Waals surface area contributed by atoms with Crippen molar-refractivity contribution in [2.24, 2.45) is 0 Å². The molecule has 2 heterocycles. The molecule has 0 saturated carbocycles. The number of hydrogen-bond donors (Lipinski definition) is 1. The molecule has 96 valence electrons. The third-order valence-corrected chi connectivity index (χ3v) is 4.86. The van der Waals surface area contributed by atoms with Crippen molar-refractivity contribution in [3.63, 3.8) is 0 Å². The molecule has 0 aliphatic carbocycles. The Bertz CT molecular complexity index is 494. The van der Waals surface area contributed by atoms with E-state index < -0.39 is 10.0 Å². The number of aromatic nitrogens is 2. The number of nitrogens with one attached hydrogen (secondary N) is 1. The Labute approximate surface area is 105 Å². The Kier molecular flexibility index (Phi) is 3.72. The molecule has 0 unspecified atom stereocenters. The van der Waals surface area contributed by atoms with Crippen LogP contribution in [0, 0.1) is 6.92 Å². The highest BCUT2D eigenvalue weighted by Crippen LogP contribution is 2.22. The predicted molar refractivity (Wildman–Crippen MR) is 62.5 cm³/mol. The Hall–Kier alpha value is -0.630. The third-order valence-electron chi connectivity index (χ3n) is 2.72. The summed E-state index contributed by atoms with van der Waals surface area (Å²) in [4.78, 5) is 0. The molecule has 1 aromatic heterocycles. The highest BCUT2D eigenvalue weighted by molar-refractivity contribution is 7.89. The lowest BCUT2D eigenvalue weighted by molar-refractivity contribution is 0.0729. The topological polar surface area (TPSA) is 75.3 Å². The second-order valence-corrected chi connectivity index (χ2v) is 5.90. The van der Waals surface area contributed by atoms with Gasteiger partial charge in [-0.2, -0.15) is 9.40 Å². The lowest BCUT2D eigenvalue weighted by Gasteiger charge is -2.25. The van der Waals surface area contributed by atoms with Gasteiger partial charge in [0.2, 0.25) is 0 Å². The Morgan fingerprint density at radius 3 is 2.71 bits per heavy atom. The highest BCUT2D eigenvalue weighted by Gasteiger charge is 2.31. The van der Waals surface area contributed by atoms with E-state index in [9.17, 15) is 8.42 Å². The average molecular weight is 280 g/mol. The van der Waals surface area contributed by atoms with Crippen LogP contribution in [0.3, 0.4) is 0 Å². The van der Waals surface area contributed by atoms with Crippen LogP contribution in [0.25, 0.3) is 0 Å². The highest BCUT2D eigenvalue weighted by atomic mass is 35.5. The van der Waals surface area contributed by atoms with E-state index in [1.807, 2.05) is 0 Å². The fourth-order valence-corrected chi connectivity index (χ4v) is 3.69. The summed E-state index contributed by atoms with van der Waals surface area (Å²) in [6.07, 6.45) is 0. The van der Waals surface area contributed by atoms with E-state index in [0.717, 1.165) is 0 Å². The zero-order chi connectivity index (χ0) is 12.5. The maximum absolute atomic E-state index is 12.3. The molecule has 1 aromatic rings. The quantitative estimate of drug-likeness (QED) is 0.817. The molecular weight excluding hydrogens is 266 g/mol. The molecule has 17 heavy (non-hydrogen) atoms. The van der Waals surface area contributed by atoms with Crippen molar-refractivity contribution in [3.8, 4) is 0 Å². The fourth-order valence-electron chi connectivity index (χ4n) is 1.71. The van der Waals surface area contributed by atoms with E-state index in [0.29, 0.717) is 37.6 Å². The molecule has 0 radical (unpaired) electrons. The van der Waals surface area contributed by atoms with Gasteiger partial charge in [0, 0.05) is 24.3 Å². The van der Waals surface area contributed by atoms with Crippen molar-refractivity contribution in [2.75, 3.05) is 26.3 Å². The van der Waals surface area contributed by atoms with Gasteiger partial charge in [-0.1, -0.05) is 0 Å². The normalized spacial score (nSPS) is 18.5. The Morgan fingerprint density at radius 2 is 2.12 bits per heavy atom. The SMILES string of the molecule is Cc1[nH]nc(S(=O)(=O)N2CCOCC2)c1CCl. The Balaban J connectivity index is 2.36. The first-order chi connectivity index (χ1) is 8.07. The Morgan fingerprint density at radius 1 is 1.47 bits per heavy atom. The van der Waals surface area contributed by atoms with Crippen molar-refractivity contribution in [2.45, 2.75) is 17.8 Å². The smallest absolute Gasteiger partial charge is 0.262 e. The molecule has 1 saturated heterocycles. The number of H-pyrrole nitrogens is 1. The van der Waals surface area contributed by atoms with Crippen LogP contribution >= 0.6 is 11.6 Å². The molecule has 8 heteroatoms. The molecule has 0 spiro atoms. The standard InChI is InChI=1S/C9H14ClN3O3S/c1-7-8(6-10)9(12-11-7)17(14,15)13-2-4-16-5-3-13/h2-6H2,1H3,(H,11,12). The molecule has 1 aliphatic rings. The van der Waals surface area contributed by atoms with Crippen LogP contribution in [0.15, 0.2) is 5.03 Å². The van der Waals surface area contributed by atoms with Gasteiger partial charge in [-0.25, -0.2) is 8.42 Å². The van der Waals surface area contributed by atoms with Gasteiger partial charge in [-0.15, -0.1) is 11.6 Å². The zero-order valence-electron chi connectivity index (χ0n) is 9.44. The lowest BCUT2D eigenvalue weighted by atomic mass is 10.3. The molecule has 1 aliphatic heterocycles. The van der Waals surface area contributed by atoms with Gasteiger partial charge >= 0.3 is 0 Å². The van der Waals surface area contributed by atoms with Crippen molar-refractivity contribution in [1.29, 1.82) is 0 Å². The van der Waals surface area contributed by atoms with Crippen LogP contribution in [-0.4, -0.2) is 49.2 Å². The van der Waals surface area contributed by atoms with E-state index in [4.69, 9.17) is 16.3 Å². The number of nitrogens with zero attached hydrogens (tertiary/aromatic N) is 2. The van der Waals surface area contributed by atoms with Gasteiger partial charge in [0.05, 0.1) is 19.1 Å². The summed E-state index contributed by atoms with van der Waals surface area (Å²) in [5.74, 6) is 0.126. The number of halogens is 1. The fraction of sp³-hybridized carbons (Fsp3) is 0.667. The van der Waals surface area contributed by atoms with Crippen LogP contribution in [0.1, 0.15) is 11.3 Å². The number of rotatable bonds is 3. The second kappa shape index (κ2) is 4.93. The summed E-state index contributed by atoms with van der Waals surface area (Å²) in [6.45, 7) is 3.30. The number of sulfonamides is 1. The molecule has 0 aromatic carbocycles. The van der Waals surface area contributed by atoms with E-state index >= 15 is 0 Å². The molecule has 1 fully saturated rings. The number of hydrogen-bond acceptors (Lipinski definition) is 4. The number of alkyl halides is 1. The molecule has 6 nitrogen and oxygen atoms in total. The maximum atomic E-state index is 12.3. The maximum Gasteiger partial charge on any atom is 0.262 e. The first kappa shape index (κ1) is 12.8. The summed E-state index contributed by atoms with van der Waals surface area (Å²) >= 11 is 5.76. The minimum absolute atomic E-state index is 0.0342. The number of aryl methyl sites for hydroxylation is 1. The van der Waals surface area contributed by atoms with E-state index in [-0.39, 0.29) is 10.9 Å². The molecule has 0 bridgehead atoms. The molecule has 1 N–H and O–H groups in total. The molecule has 2 rings (SSSR count). The zero-order valence-corrected chi connectivity index (χ0v) is 11.0. The summed E-state index contributed by atoms with van der Waals surface area (Å²) in [5.41, 5.74) is 1.23. The largest absolute Gasteiger partial charge is 0.379 e. The lowest BCUT2D eigenvalue weighted by Crippen LogP contribution is -2.41. The van der Waals surface area contributed by atoms with E-state index in [1.165, 1.54) is 4.31 Å². The van der Waals surface area contributed by atoms with Gasteiger partial charge in [0.1, 0.15) is 0 Å². The number of morpholine rings is 1. The van der Waals surface area contributed by atoms with E-state index in [1.54, 1.807) is 6.92 Å². The summed E-state index contributed by atoms with van der Waals surface area (Å²) in [7, 11) is -3.56. The molecular formula is C9H14ClN3O3S. The van der Waals surface area contributed by atoms with Crippen LogP contribution in [0.5, 0.6) is 0 Å². The van der Waals surface area contributed by atoms with Gasteiger partial charge in [-0.05, 0) is 6.92 Å². The van der Waals surface area contributed by atoms with E-state index in [2.05, 4.69) is 10.2 Å². The predicted octanol–water partition coefficient (Wildman–Crippen LogP) is 0.478. The monoisotopic (exact) mass is 279 g/mol. The molecule has 0 atom stereocenters. The van der Waals surface area contributed by atoms with Gasteiger partial charge in [0.15, 0.2) is 5.03 Å². The van der Waals surface area contributed by atoms with Crippen LogP contribution in [0.4, 0.5) is 0 Å². The average Bonchev–Trinajstić information content (AvgIpc) is 2.72. The van der Waals surface area contributed by atoms with Crippen molar-refractivity contribution in [3.05, 3.63) is 11.3 Å². The first-order valence-electron chi connectivity index (χ1n) is 5.25. The van der Waals surface area contributed by atoms with Gasteiger partial charge < -0.3 is 4.74 Å². The number of aromatic amines is 1. The first-order valence-corrected chi connectivity index (χ1v) is 7.22. The van der Waals surface area contributed by atoms with Crippen LogP contribution in [-0.2, 0) is 20.6 Å². The third kappa shape index (κ3) is 2.33. The number of ether oxygens (including phenoxy) is 1.